The number of carbonyl (C=O) groups is 4. The van der Waals surface area contributed by atoms with Crippen molar-refractivity contribution in [1.29, 1.82) is 0 Å². The molecule has 3 saturated carbocycles. The maximum atomic E-state index is 13.6. The Morgan fingerprint density at radius 3 is 2.65 bits per heavy atom. The highest BCUT2D eigenvalue weighted by Gasteiger charge is 2.90. The minimum absolute atomic E-state index is 0.0606. The van der Waals surface area contributed by atoms with Crippen LogP contribution in [0.1, 0.15) is 66.2 Å². The van der Waals surface area contributed by atoms with Crippen molar-refractivity contribution >= 4 is 23.5 Å². The smallest absolute Gasteiger partial charge is 0.306 e. The molecule has 4 fully saturated rings. The van der Waals surface area contributed by atoms with Crippen molar-refractivity contribution in [3.63, 3.8) is 0 Å². The Morgan fingerprint density at radius 2 is 1.97 bits per heavy atom. The molecule has 0 aromatic carbocycles. The molecule has 1 saturated heterocycles. The van der Waals surface area contributed by atoms with Crippen molar-refractivity contribution in [3.8, 4) is 0 Å². The minimum Gasteiger partial charge on any atom is -0.458 e. The Balaban J connectivity index is 1.58. The number of epoxide rings is 1. The molecule has 0 spiro atoms. The van der Waals surface area contributed by atoms with E-state index >= 15 is 0 Å². The summed E-state index contributed by atoms with van der Waals surface area (Å²) in [6.45, 7) is 6.32. The third-order valence-electron chi connectivity index (χ3n) is 9.59. The first-order valence-corrected chi connectivity index (χ1v) is 12.1. The van der Waals surface area contributed by atoms with E-state index in [9.17, 15) is 24.3 Å². The molecule has 2 unspecified atom stereocenters. The van der Waals surface area contributed by atoms with Crippen LogP contribution in [-0.4, -0.2) is 58.1 Å². The summed E-state index contributed by atoms with van der Waals surface area (Å²) in [5.74, 6) is -1.77. The van der Waals surface area contributed by atoms with Gasteiger partial charge in [-0.25, -0.2) is 0 Å². The van der Waals surface area contributed by atoms with Gasteiger partial charge in [-0.2, -0.15) is 0 Å². The normalized spacial score (nSPS) is 45.8. The lowest BCUT2D eigenvalue weighted by Crippen LogP contribution is -2.66. The highest BCUT2D eigenvalue weighted by Crippen LogP contribution is 2.80. The molecular weight excluding hydrogens is 440 g/mol. The van der Waals surface area contributed by atoms with Crippen LogP contribution in [0.4, 0.5) is 0 Å². The van der Waals surface area contributed by atoms with Crippen LogP contribution < -0.4 is 0 Å². The van der Waals surface area contributed by atoms with Crippen LogP contribution in [0.2, 0.25) is 0 Å². The summed E-state index contributed by atoms with van der Waals surface area (Å²) in [7, 11) is 0. The molecule has 4 aliphatic carbocycles. The van der Waals surface area contributed by atoms with Crippen molar-refractivity contribution in [2.75, 3.05) is 6.61 Å². The number of rotatable bonds is 5. The number of esters is 2. The fraction of sp³-hybridized carbons (Fsp3) is 0.692. The Bertz CT molecular complexity index is 1060. The van der Waals surface area contributed by atoms with Crippen LogP contribution in [0.15, 0.2) is 23.8 Å². The summed E-state index contributed by atoms with van der Waals surface area (Å²) in [6, 6.07) is 0. The van der Waals surface area contributed by atoms with E-state index in [-0.39, 0.29) is 31.0 Å². The average Bonchev–Trinajstić information content (AvgIpc) is 3.42. The molecule has 8 nitrogen and oxygen atoms in total. The lowest BCUT2D eigenvalue weighted by molar-refractivity contribution is -0.193. The van der Waals surface area contributed by atoms with E-state index in [0.29, 0.717) is 19.3 Å². The Hall–Kier alpha value is -2.32. The second-order valence-electron chi connectivity index (χ2n) is 10.9. The third-order valence-corrected chi connectivity index (χ3v) is 9.59. The Labute approximate surface area is 198 Å². The number of hydrogen-bond acceptors (Lipinski definition) is 8. The summed E-state index contributed by atoms with van der Waals surface area (Å²) in [4.78, 5) is 49.6. The standard InChI is InChI=1S/C26H32O8/c1-5-21(31)33-25(20(30)14-32-15(2)27)11-8-18-23(25,4)13-19(29)26-22(3)9-7-17(28)12-16(22)6-10-24(18,26)34-26/h7,9,12,18-19,29H,5-6,8,10-11,13-14H2,1-4H3/t18-,19+,22+,23+,24?,25+,26?/m1/s1. The van der Waals surface area contributed by atoms with Gasteiger partial charge in [0.15, 0.2) is 18.0 Å². The van der Waals surface area contributed by atoms with E-state index in [0.717, 1.165) is 5.57 Å². The Kier molecular flexibility index (Phi) is 4.89. The van der Waals surface area contributed by atoms with Gasteiger partial charge in [-0.1, -0.05) is 25.5 Å². The van der Waals surface area contributed by atoms with Crippen LogP contribution in [0, 0.1) is 16.7 Å². The molecule has 1 aliphatic heterocycles. The number of carbonyl (C=O) groups excluding carboxylic acids is 4. The van der Waals surface area contributed by atoms with Gasteiger partial charge < -0.3 is 19.3 Å². The first-order valence-electron chi connectivity index (χ1n) is 12.1. The molecule has 0 bridgehead atoms. The number of ether oxygens (including phenoxy) is 3. The molecule has 7 atom stereocenters. The van der Waals surface area contributed by atoms with Crippen LogP contribution in [0.5, 0.6) is 0 Å². The molecule has 0 aromatic heterocycles. The maximum absolute atomic E-state index is 13.6. The number of hydrogen-bond donors (Lipinski definition) is 1. The predicted molar refractivity (Wildman–Crippen MR) is 118 cm³/mol. The van der Waals surface area contributed by atoms with Crippen molar-refractivity contribution in [2.45, 2.75) is 89.1 Å². The molecule has 34 heavy (non-hydrogen) atoms. The molecule has 0 amide bonds. The average molecular weight is 473 g/mol. The molecular formula is C26H32O8. The number of aliphatic hydroxyl groups is 1. The highest BCUT2D eigenvalue weighted by molar-refractivity contribution is 6.01. The topological polar surface area (TPSA) is 120 Å². The SMILES string of the molecule is CCC(=O)O[C@]1(C(=O)COC(C)=O)CC[C@H]2C34CCC5=CC(=O)C=C[C@]5(C)C3(O4)[C@@H](O)C[C@@]21C. The van der Waals surface area contributed by atoms with Gasteiger partial charge in [0, 0.05) is 30.1 Å². The van der Waals surface area contributed by atoms with Crippen LogP contribution in [0.25, 0.3) is 0 Å². The number of Topliss-reactive ketones (excluding diaryl/α,β-unsaturated/α-hetero) is 1. The minimum atomic E-state index is -1.51. The zero-order valence-electron chi connectivity index (χ0n) is 20.1. The highest BCUT2D eigenvalue weighted by atomic mass is 16.6. The monoisotopic (exact) mass is 472 g/mol. The van der Waals surface area contributed by atoms with Gasteiger partial charge >= 0.3 is 11.9 Å². The Morgan fingerprint density at radius 1 is 1.24 bits per heavy atom. The zero-order chi connectivity index (χ0) is 24.7. The van der Waals surface area contributed by atoms with Gasteiger partial charge in [-0.15, -0.1) is 0 Å². The molecule has 5 rings (SSSR count). The third kappa shape index (κ3) is 2.56. The van der Waals surface area contributed by atoms with Crippen molar-refractivity contribution in [2.24, 2.45) is 16.7 Å². The summed E-state index contributed by atoms with van der Waals surface area (Å²) >= 11 is 0. The van der Waals surface area contributed by atoms with Crippen molar-refractivity contribution in [3.05, 3.63) is 23.8 Å². The number of aliphatic hydroxyl groups excluding tert-OH is 1. The van der Waals surface area contributed by atoms with E-state index in [2.05, 4.69) is 0 Å². The number of ketones is 2. The molecule has 1 N–H and O–H groups in total. The molecule has 5 aliphatic rings. The second-order valence-corrected chi connectivity index (χ2v) is 10.9. The first kappa shape index (κ1) is 23.4. The van der Waals surface area contributed by atoms with Crippen LogP contribution in [-0.2, 0) is 33.4 Å². The summed E-state index contributed by atoms with van der Waals surface area (Å²) < 4.78 is 17.6. The van der Waals surface area contributed by atoms with E-state index < -0.39 is 58.1 Å². The van der Waals surface area contributed by atoms with Gasteiger partial charge in [0.05, 0.1) is 6.10 Å². The van der Waals surface area contributed by atoms with Gasteiger partial charge in [0.1, 0.15) is 11.2 Å². The van der Waals surface area contributed by atoms with E-state index in [4.69, 9.17) is 14.2 Å². The van der Waals surface area contributed by atoms with E-state index in [1.165, 1.54) is 6.92 Å². The van der Waals surface area contributed by atoms with E-state index in [1.54, 1.807) is 19.1 Å². The molecule has 8 heteroatoms. The van der Waals surface area contributed by atoms with Crippen LogP contribution >= 0.6 is 0 Å². The van der Waals surface area contributed by atoms with E-state index in [1.807, 2.05) is 19.9 Å². The van der Waals surface area contributed by atoms with Crippen molar-refractivity contribution in [1.82, 2.24) is 0 Å². The zero-order valence-corrected chi connectivity index (χ0v) is 20.1. The van der Waals surface area contributed by atoms with Gasteiger partial charge in [-0.05, 0) is 51.2 Å². The molecule has 0 radical (unpaired) electrons. The van der Waals surface area contributed by atoms with Gasteiger partial charge in [-0.3, -0.25) is 19.2 Å². The first-order chi connectivity index (χ1) is 15.9. The summed E-state index contributed by atoms with van der Waals surface area (Å²) in [5, 5.41) is 11.7. The lowest BCUT2D eigenvalue weighted by Gasteiger charge is -2.56. The number of fused-ring (bicyclic) bond motifs is 2. The van der Waals surface area contributed by atoms with Crippen LogP contribution in [0.3, 0.4) is 0 Å². The predicted octanol–water partition coefficient (Wildman–Crippen LogP) is 2.36. The van der Waals surface area contributed by atoms with Gasteiger partial charge in [0.2, 0.25) is 5.78 Å². The molecule has 0 aromatic rings. The second kappa shape index (κ2) is 7.10. The van der Waals surface area contributed by atoms with Gasteiger partial charge in [0.25, 0.3) is 0 Å². The molecule has 184 valence electrons. The van der Waals surface area contributed by atoms with Crippen molar-refractivity contribution < 1.29 is 38.5 Å². The maximum Gasteiger partial charge on any atom is 0.306 e. The quantitative estimate of drug-likeness (QED) is 0.478. The fourth-order valence-electron chi connectivity index (χ4n) is 8.05. The number of allylic oxidation sites excluding steroid dienone is 2. The molecule has 1 heterocycles. The lowest BCUT2D eigenvalue weighted by atomic mass is 9.46. The summed E-state index contributed by atoms with van der Waals surface area (Å²) in [6.07, 6.45) is 6.52. The largest absolute Gasteiger partial charge is 0.458 e. The fourth-order valence-corrected chi connectivity index (χ4v) is 8.05. The summed E-state index contributed by atoms with van der Waals surface area (Å²) in [5.41, 5.74) is -3.67.